The lowest BCUT2D eigenvalue weighted by Gasteiger charge is -2.18. The molecule has 3 rings (SSSR count). The summed E-state index contributed by atoms with van der Waals surface area (Å²) in [6.45, 7) is 5.25. The van der Waals surface area contributed by atoms with Crippen molar-refractivity contribution in [3.05, 3.63) is 65.9 Å². The van der Waals surface area contributed by atoms with Crippen molar-refractivity contribution >= 4 is 5.91 Å². The van der Waals surface area contributed by atoms with Gasteiger partial charge in [-0.3, -0.25) is 4.79 Å². The van der Waals surface area contributed by atoms with E-state index in [1.165, 1.54) is 0 Å². The predicted molar refractivity (Wildman–Crippen MR) is 95.9 cm³/mol. The highest BCUT2D eigenvalue weighted by molar-refractivity contribution is 5.95. The molecule has 0 bridgehead atoms. The molecule has 0 aliphatic rings. The maximum absolute atomic E-state index is 12.8. The molecule has 6 heteroatoms. The number of aromatic nitrogens is 4. The second-order valence-electron chi connectivity index (χ2n) is 5.93. The molecule has 2 heterocycles. The molecule has 25 heavy (non-hydrogen) atoms. The minimum Gasteiger partial charge on any atom is -0.334 e. The first-order chi connectivity index (χ1) is 12.1. The Kier molecular flexibility index (Phi) is 4.88. The lowest BCUT2D eigenvalue weighted by Crippen LogP contribution is -2.27. The Morgan fingerprint density at radius 2 is 2.04 bits per heavy atom. The van der Waals surface area contributed by atoms with Crippen LogP contribution in [0.25, 0.3) is 11.3 Å². The maximum atomic E-state index is 12.8. The van der Waals surface area contributed by atoms with Crippen LogP contribution in [0.2, 0.25) is 0 Å². The molecule has 1 aromatic carbocycles. The molecule has 1 amide bonds. The van der Waals surface area contributed by atoms with Crippen molar-refractivity contribution < 1.29 is 4.79 Å². The van der Waals surface area contributed by atoms with Crippen LogP contribution in [0.5, 0.6) is 0 Å². The van der Waals surface area contributed by atoms with E-state index in [-0.39, 0.29) is 5.91 Å². The number of rotatable bonds is 5. The number of nitrogens with zero attached hydrogens (tertiary/aromatic N) is 5. The summed E-state index contributed by atoms with van der Waals surface area (Å²) in [6.07, 6.45) is 3.68. The van der Waals surface area contributed by atoms with Crippen LogP contribution in [0.1, 0.15) is 28.8 Å². The van der Waals surface area contributed by atoms with Crippen LogP contribution >= 0.6 is 0 Å². The number of hydrogen-bond acceptors (Lipinski definition) is 4. The fraction of sp³-hybridized carbons (Fsp3) is 0.263. The van der Waals surface area contributed by atoms with Gasteiger partial charge >= 0.3 is 0 Å². The van der Waals surface area contributed by atoms with Gasteiger partial charge in [0.15, 0.2) is 0 Å². The van der Waals surface area contributed by atoms with Gasteiger partial charge in [0.25, 0.3) is 5.91 Å². The van der Waals surface area contributed by atoms with Crippen LogP contribution in [-0.4, -0.2) is 37.6 Å². The van der Waals surface area contributed by atoms with E-state index in [0.29, 0.717) is 12.1 Å². The van der Waals surface area contributed by atoms with Gasteiger partial charge < -0.3 is 9.47 Å². The molecule has 0 aliphatic carbocycles. The van der Waals surface area contributed by atoms with Gasteiger partial charge in [-0.05, 0) is 38.1 Å². The molecule has 0 unspecified atom stereocenters. The van der Waals surface area contributed by atoms with Gasteiger partial charge in [0.1, 0.15) is 5.82 Å². The molecule has 2 aromatic heterocycles. The third kappa shape index (κ3) is 3.74. The summed E-state index contributed by atoms with van der Waals surface area (Å²) in [6, 6.07) is 11.3. The molecule has 0 N–H and O–H groups in total. The Balaban J connectivity index is 1.80. The van der Waals surface area contributed by atoms with Crippen molar-refractivity contribution in [1.82, 2.24) is 24.6 Å². The normalized spacial score (nSPS) is 10.7. The quantitative estimate of drug-likeness (QED) is 0.719. The zero-order chi connectivity index (χ0) is 17.8. The van der Waals surface area contributed by atoms with E-state index in [4.69, 9.17) is 0 Å². The third-order valence-electron chi connectivity index (χ3n) is 4.07. The van der Waals surface area contributed by atoms with Gasteiger partial charge in [0.2, 0.25) is 0 Å². The van der Waals surface area contributed by atoms with Crippen molar-refractivity contribution in [2.45, 2.75) is 26.9 Å². The zero-order valence-corrected chi connectivity index (χ0v) is 14.7. The van der Waals surface area contributed by atoms with Crippen molar-refractivity contribution in [2.75, 3.05) is 7.05 Å². The predicted octanol–water partition coefficient (Wildman–Crippen LogP) is 2.94. The third-order valence-corrected chi connectivity index (χ3v) is 4.07. The molecule has 0 saturated carbocycles. The summed E-state index contributed by atoms with van der Waals surface area (Å²) in [7, 11) is 1.79. The van der Waals surface area contributed by atoms with Crippen molar-refractivity contribution in [3.8, 4) is 11.3 Å². The van der Waals surface area contributed by atoms with Crippen molar-refractivity contribution in [2.24, 2.45) is 0 Å². The van der Waals surface area contributed by atoms with Gasteiger partial charge in [-0.15, -0.1) is 0 Å². The summed E-state index contributed by atoms with van der Waals surface area (Å²) in [5.74, 6) is 0.825. The Morgan fingerprint density at radius 3 is 2.76 bits per heavy atom. The molecular formula is C19H21N5O. The first kappa shape index (κ1) is 16.8. The minimum atomic E-state index is -0.0485. The lowest BCUT2D eigenvalue weighted by molar-refractivity contribution is 0.0780. The van der Waals surface area contributed by atoms with Crippen LogP contribution in [0.15, 0.2) is 48.8 Å². The Labute approximate surface area is 147 Å². The smallest absolute Gasteiger partial charge is 0.254 e. The van der Waals surface area contributed by atoms with E-state index in [0.717, 1.165) is 29.3 Å². The van der Waals surface area contributed by atoms with Crippen LogP contribution in [0.3, 0.4) is 0 Å². The fourth-order valence-corrected chi connectivity index (χ4v) is 2.65. The largest absolute Gasteiger partial charge is 0.334 e. The van der Waals surface area contributed by atoms with E-state index < -0.39 is 0 Å². The lowest BCUT2D eigenvalue weighted by atomic mass is 10.1. The summed E-state index contributed by atoms with van der Waals surface area (Å²) in [5, 5.41) is 8.27. The number of carbonyl (C=O) groups excluding carboxylic acids is 1. The first-order valence-corrected chi connectivity index (χ1v) is 8.24. The van der Waals surface area contributed by atoms with Crippen LogP contribution in [0.4, 0.5) is 0 Å². The monoisotopic (exact) mass is 335 g/mol. The van der Waals surface area contributed by atoms with E-state index in [2.05, 4.69) is 22.1 Å². The molecule has 0 atom stereocenters. The zero-order valence-electron chi connectivity index (χ0n) is 14.7. The minimum absolute atomic E-state index is 0.0485. The second kappa shape index (κ2) is 7.25. The number of carbonyl (C=O) groups is 1. The first-order valence-electron chi connectivity index (χ1n) is 8.24. The summed E-state index contributed by atoms with van der Waals surface area (Å²) < 4.78 is 2.03. The molecule has 0 radical (unpaired) electrons. The molecule has 6 nitrogen and oxygen atoms in total. The summed E-state index contributed by atoms with van der Waals surface area (Å²) in [4.78, 5) is 18.8. The fourth-order valence-electron chi connectivity index (χ4n) is 2.65. The highest BCUT2D eigenvalue weighted by Crippen LogP contribution is 2.19. The highest BCUT2D eigenvalue weighted by Gasteiger charge is 2.15. The average molecular weight is 335 g/mol. The molecule has 0 fully saturated rings. The van der Waals surface area contributed by atoms with E-state index in [1.54, 1.807) is 18.1 Å². The maximum Gasteiger partial charge on any atom is 0.254 e. The number of amides is 1. The molecular weight excluding hydrogens is 314 g/mol. The Hall–Kier alpha value is -3.02. The van der Waals surface area contributed by atoms with E-state index >= 15 is 0 Å². The SMILES string of the molecule is CCn1ccnc1CN(C)C(=O)c1cccc(-c2ccc(C)nn2)c1. The van der Waals surface area contributed by atoms with Gasteiger partial charge in [-0.25, -0.2) is 4.98 Å². The number of benzene rings is 1. The second-order valence-corrected chi connectivity index (χ2v) is 5.93. The molecule has 3 aromatic rings. The van der Waals surface area contributed by atoms with Gasteiger partial charge in [0.05, 0.1) is 17.9 Å². The van der Waals surface area contributed by atoms with Crippen LogP contribution in [0, 0.1) is 6.92 Å². The van der Waals surface area contributed by atoms with Gasteiger partial charge in [0, 0.05) is 37.1 Å². The number of imidazole rings is 1. The average Bonchev–Trinajstić information content (AvgIpc) is 3.09. The van der Waals surface area contributed by atoms with E-state index in [1.807, 2.05) is 54.1 Å². The van der Waals surface area contributed by atoms with Crippen molar-refractivity contribution in [3.63, 3.8) is 0 Å². The summed E-state index contributed by atoms with van der Waals surface area (Å²) >= 11 is 0. The van der Waals surface area contributed by atoms with Crippen molar-refractivity contribution in [1.29, 1.82) is 0 Å². The Morgan fingerprint density at radius 1 is 1.20 bits per heavy atom. The van der Waals surface area contributed by atoms with Crippen LogP contribution < -0.4 is 0 Å². The number of hydrogen-bond donors (Lipinski definition) is 0. The van der Waals surface area contributed by atoms with Crippen LogP contribution in [-0.2, 0) is 13.1 Å². The molecule has 0 spiro atoms. The Bertz CT molecular complexity index is 870. The molecule has 128 valence electrons. The topological polar surface area (TPSA) is 63.9 Å². The molecule has 0 saturated heterocycles. The van der Waals surface area contributed by atoms with Gasteiger partial charge in [-0.2, -0.15) is 10.2 Å². The molecule has 0 aliphatic heterocycles. The standard InChI is InChI=1S/C19H21N5O/c1-4-24-11-10-20-18(24)13-23(3)19(25)16-7-5-6-15(12-16)17-9-8-14(2)21-22-17/h5-12H,4,13H2,1-3H3. The van der Waals surface area contributed by atoms with Gasteiger partial charge in [-0.1, -0.05) is 12.1 Å². The van der Waals surface area contributed by atoms with E-state index in [9.17, 15) is 4.79 Å². The highest BCUT2D eigenvalue weighted by atomic mass is 16.2. The summed E-state index contributed by atoms with van der Waals surface area (Å²) in [5.41, 5.74) is 3.12. The number of aryl methyl sites for hydroxylation is 2.